The molecule has 1 aromatic rings. The van der Waals surface area contributed by atoms with Gasteiger partial charge in [-0.25, -0.2) is 9.78 Å². The average molecular weight is 225 g/mol. The van der Waals surface area contributed by atoms with Crippen molar-refractivity contribution in [2.75, 3.05) is 5.32 Å². The van der Waals surface area contributed by atoms with Crippen molar-refractivity contribution in [2.24, 2.45) is 5.92 Å². The van der Waals surface area contributed by atoms with Gasteiger partial charge >= 0.3 is 6.03 Å². The van der Waals surface area contributed by atoms with Crippen LogP contribution < -0.4 is 10.6 Å². The van der Waals surface area contributed by atoms with Gasteiger partial charge in [-0.3, -0.25) is 5.32 Å². The van der Waals surface area contributed by atoms with Crippen LogP contribution in [0.15, 0.2) is 17.7 Å². The van der Waals surface area contributed by atoms with Crippen LogP contribution in [0.3, 0.4) is 0 Å². The minimum atomic E-state index is -0.263. The lowest BCUT2D eigenvalue weighted by atomic mass is 10.2. The first kappa shape index (κ1) is 11.7. The highest BCUT2D eigenvalue weighted by molar-refractivity contribution is 7.13. The molecule has 0 unspecified atom stereocenters. The number of urea groups is 1. The summed E-state index contributed by atoms with van der Waals surface area (Å²) in [6.07, 6.45) is 3.55. The molecule has 2 amide bonds. The van der Waals surface area contributed by atoms with Crippen molar-refractivity contribution in [2.45, 2.75) is 20.8 Å². The highest BCUT2D eigenvalue weighted by Gasteiger charge is 2.02. The number of allylic oxidation sites excluding steroid dienone is 1. The summed E-state index contributed by atoms with van der Waals surface area (Å²) in [7, 11) is 0. The van der Waals surface area contributed by atoms with E-state index >= 15 is 0 Å². The van der Waals surface area contributed by atoms with Crippen LogP contribution in [-0.4, -0.2) is 11.0 Å². The standard InChI is InChI=1S/C10H15N3OS/c1-7(2)4-5-11-9(14)13-10-12-8(3)6-15-10/h4-7H,1-3H3,(H2,11,12,13,14)/b5-4+. The molecule has 0 fully saturated rings. The molecular weight excluding hydrogens is 210 g/mol. The molecule has 4 nitrogen and oxygen atoms in total. The number of anilines is 1. The van der Waals surface area contributed by atoms with E-state index < -0.39 is 0 Å². The second-order valence-electron chi connectivity index (χ2n) is 3.50. The second kappa shape index (κ2) is 5.50. The first-order valence-corrected chi connectivity index (χ1v) is 5.62. The Kier molecular flexibility index (Phi) is 4.30. The maximum absolute atomic E-state index is 11.3. The summed E-state index contributed by atoms with van der Waals surface area (Å²) in [6.45, 7) is 5.97. The van der Waals surface area contributed by atoms with Gasteiger partial charge in [0, 0.05) is 11.6 Å². The fourth-order valence-electron chi connectivity index (χ4n) is 0.861. The Balaban J connectivity index is 2.36. The first-order valence-electron chi connectivity index (χ1n) is 4.74. The van der Waals surface area contributed by atoms with Crippen molar-refractivity contribution in [1.82, 2.24) is 10.3 Å². The molecule has 1 rings (SSSR count). The average Bonchev–Trinajstić information content (AvgIpc) is 2.50. The van der Waals surface area contributed by atoms with Gasteiger partial charge in [0.1, 0.15) is 0 Å². The number of hydrogen-bond acceptors (Lipinski definition) is 3. The fourth-order valence-corrected chi connectivity index (χ4v) is 1.54. The Bertz CT molecular complexity index is 357. The summed E-state index contributed by atoms with van der Waals surface area (Å²) in [5.74, 6) is 0.424. The normalized spacial score (nSPS) is 10.9. The van der Waals surface area contributed by atoms with Gasteiger partial charge in [-0.2, -0.15) is 0 Å². The number of aromatic nitrogens is 1. The molecule has 2 N–H and O–H groups in total. The fraction of sp³-hybridized carbons (Fsp3) is 0.400. The zero-order valence-corrected chi connectivity index (χ0v) is 9.89. The number of carbonyl (C=O) groups excluding carboxylic acids is 1. The molecule has 0 atom stereocenters. The van der Waals surface area contributed by atoms with Gasteiger partial charge in [0.15, 0.2) is 5.13 Å². The number of aryl methyl sites for hydroxylation is 1. The van der Waals surface area contributed by atoms with Crippen molar-refractivity contribution >= 4 is 22.5 Å². The van der Waals surface area contributed by atoms with E-state index in [9.17, 15) is 4.79 Å². The predicted octanol–water partition coefficient (Wildman–Crippen LogP) is 2.74. The molecule has 15 heavy (non-hydrogen) atoms. The zero-order chi connectivity index (χ0) is 11.3. The molecule has 0 saturated carbocycles. The lowest BCUT2D eigenvalue weighted by Crippen LogP contribution is -2.23. The van der Waals surface area contributed by atoms with E-state index in [1.54, 1.807) is 6.20 Å². The number of hydrogen-bond donors (Lipinski definition) is 2. The molecule has 0 radical (unpaired) electrons. The molecule has 0 aliphatic rings. The van der Waals surface area contributed by atoms with Gasteiger partial charge < -0.3 is 5.32 Å². The van der Waals surface area contributed by atoms with E-state index in [1.807, 2.05) is 32.2 Å². The maximum Gasteiger partial charge on any atom is 0.324 e. The zero-order valence-electron chi connectivity index (χ0n) is 9.07. The SMILES string of the molecule is Cc1csc(NC(=O)N/C=C/C(C)C)n1. The monoisotopic (exact) mass is 225 g/mol. The number of nitrogens with one attached hydrogen (secondary N) is 2. The summed E-state index contributed by atoms with van der Waals surface area (Å²) in [4.78, 5) is 15.4. The minimum Gasteiger partial charge on any atom is -0.315 e. The summed E-state index contributed by atoms with van der Waals surface area (Å²) in [5.41, 5.74) is 0.910. The Morgan fingerprint density at radius 2 is 2.33 bits per heavy atom. The van der Waals surface area contributed by atoms with Gasteiger partial charge in [-0.05, 0) is 12.8 Å². The topological polar surface area (TPSA) is 54.0 Å². The number of rotatable bonds is 3. The smallest absolute Gasteiger partial charge is 0.315 e. The number of nitrogens with zero attached hydrogens (tertiary/aromatic N) is 1. The number of amides is 2. The predicted molar refractivity (Wildman–Crippen MR) is 63.0 cm³/mol. The van der Waals surface area contributed by atoms with Crippen LogP contribution in [-0.2, 0) is 0 Å². The van der Waals surface area contributed by atoms with Crippen LogP contribution in [0.5, 0.6) is 0 Å². The lowest BCUT2D eigenvalue weighted by Gasteiger charge is -2.00. The highest BCUT2D eigenvalue weighted by Crippen LogP contribution is 2.13. The van der Waals surface area contributed by atoms with E-state index in [2.05, 4.69) is 15.6 Å². The first-order chi connectivity index (χ1) is 7.08. The van der Waals surface area contributed by atoms with Crippen LogP contribution in [0.2, 0.25) is 0 Å². The van der Waals surface area contributed by atoms with Crippen molar-refractivity contribution in [3.63, 3.8) is 0 Å². The lowest BCUT2D eigenvalue weighted by molar-refractivity contribution is 0.255. The minimum absolute atomic E-state index is 0.263. The Labute approximate surface area is 93.4 Å². The third kappa shape index (κ3) is 4.60. The molecule has 0 aromatic carbocycles. The van der Waals surface area contributed by atoms with Crippen LogP contribution in [0.25, 0.3) is 0 Å². The van der Waals surface area contributed by atoms with Gasteiger partial charge in [0.25, 0.3) is 0 Å². The van der Waals surface area contributed by atoms with Crippen molar-refractivity contribution < 1.29 is 4.79 Å². The third-order valence-corrected chi connectivity index (χ3v) is 2.41. The van der Waals surface area contributed by atoms with Gasteiger partial charge in [0.05, 0.1) is 5.69 Å². The molecule has 1 heterocycles. The summed E-state index contributed by atoms with van der Waals surface area (Å²) < 4.78 is 0. The Morgan fingerprint density at radius 3 is 2.87 bits per heavy atom. The van der Waals surface area contributed by atoms with E-state index in [1.165, 1.54) is 11.3 Å². The van der Waals surface area contributed by atoms with Gasteiger partial charge in [0.2, 0.25) is 0 Å². The summed E-state index contributed by atoms with van der Waals surface area (Å²) >= 11 is 1.41. The largest absolute Gasteiger partial charge is 0.324 e. The van der Waals surface area contributed by atoms with Crippen molar-refractivity contribution in [3.05, 3.63) is 23.3 Å². The van der Waals surface area contributed by atoms with Crippen LogP contribution in [0, 0.1) is 12.8 Å². The van der Waals surface area contributed by atoms with E-state index in [0.717, 1.165) is 5.69 Å². The molecule has 5 heteroatoms. The molecule has 0 aliphatic heterocycles. The Morgan fingerprint density at radius 1 is 1.60 bits per heavy atom. The van der Waals surface area contributed by atoms with Gasteiger partial charge in [-0.15, -0.1) is 11.3 Å². The maximum atomic E-state index is 11.3. The molecule has 0 saturated heterocycles. The molecular formula is C10H15N3OS. The van der Waals surface area contributed by atoms with Crippen molar-refractivity contribution in [1.29, 1.82) is 0 Å². The highest BCUT2D eigenvalue weighted by atomic mass is 32.1. The quantitative estimate of drug-likeness (QED) is 0.831. The molecule has 0 spiro atoms. The Hall–Kier alpha value is -1.36. The van der Waals surface area contributed by atoms with E-state index in [-0.39, 0.29) is 6.03 Å². The molecule has 0 bridgehead atoms. The second-order valence-corrected chi connectivity index (χ2v) is 4.35. The van der Waals surface area contributed by atoms with Crippen LogP contribution >= 0.6 is 11.3 Å². The summed E-state index contributed by atoms with van der Waals surface area (Å²) in [6, 6.07) is -0.263. The van der Waals surface area contributed by atoms with Crippen LogP contribution in [0.4, 0.5) is 9.93 Å². The number of thiazole rings is 1. The van der Waals surface area contributed by atoms with E-state index in [0.29, 0.717) is 11.0 Å². The number of carbonyl (C=O) groups is 1. The van der Waals surface area contributed by atoms with E-state index in [4.69, 9.17) is 0 Å². The molecule has 1 aromatic heterocycles. The summed E-state index contributed by atoms with van der Waals surface area (Å²) in [5, 5.41) is 7.75. The van der Waals surface area contributed by atoms with Crippen LogP contribution in [0.1, 0.15) is 19.5 Å². The third-order valence-electron chi connectivity index (χ3n) is 1.54. The van der Waals surface area contributed by atoms with Crippen molar-refractivity contribution in [3.8, 4) is 0 Å². The molecule has 0 aliphatic carbocycles. The molecule has 82 valence electrons. The van der Waals surface area contributed by atoms with Gasteiger partial charge in [-0.1, -0.05) is 19.9 Å².